The lowest BCUT2D eigenvalue weighted by Gasteiger charge is -2.24. The molecule has 6 heteroatoms. The molecule has 0 spiro atoms. The van der Waals surface area contributed by atoms with Crippen LogP contribution in [0.15, 0.2) is 4.52 Å². The number of likely N-dealkylation sites (N-methyl/N-ethyl adjacent to an activating group) is 1. The number of nitrogens with two attached hydrogens (primary N) is 1. The summed E-state index contributed by atoms with van der Waals surface area (Å²) in [6.45, 7) is 6.72. The molecule has 112 valence electrons. The van der Waals surface area contributed by atoms with E-state index in [2.05, 4.69) is 27.0 Å². The first kappa shape index (κ1) is 14.0. The lowest BCUT2D eigenvalue weighted by atomic mass is 10.1. The largest absolute Gasteiger partial charge is 0.338 e. The molecule has 6 nitrogen and oxygen atoms in total. The summed E-state index contributed by atoms with van der Waals surface area (Å²) in [5.74, 6) is 1.26. The van der Waals surface area contributed by atoms with Crippen LogP contribution in [-0.4, -0.2) is 52.2 Å². The van der Waals surface area contributed by atoms with Gasteiger partial charge in [-0.25, -0.2) is 0 Å². The van der Waals surface area contributed by atoms with Gasteiger partial charge in [-0.1, -0.05) is 5.16 Å². The van der Waals surface area contributed by atoms with Crippen LogP contribution in [0.3, 0.4) is 0 Å². The number of nitrogens with zero attached hydrogens (tertiary/aromatic N) is 4. The number of hydrogen-bond acceptors (Lipinski definition) is 6. The molecule has 0 amide bonds. The molecule has 1 aromatic heterocycles. The lowest BCUT2D eigenvalue weighted by molar-refractivity contribution is 0.196. The van der Waals surface area contributed by atoms with E-state index in [1.54, 1.807) is 0 Å². The number of aromatic nitrogens is 2. The molecule has 0 radical (unpaired) electrons. The van der Waals surface area contributed by atoms with Crippen molar-refractivity contribution in [3.05, 3.63) is 11.7 Å². The topological polar surface area (TPSA) is 71.4 Å². The van der Waals surface area contributed by atoms with Gasteiger partial charge >= 0.3 is 0 Å². The Morgan fingerprint density at radius 1 is 1.30 bits per heavy atom. The Morgan fingerprint density at radius 3 is 2.75 bits per heavy atom. The van der Waals surface area contributed by atoms with Crippen LogP contribution in [0.4, 0.5) is 0 Å². The van der Waals surface area contributed by atoms with Gasteiger partial charge in [-0.05, 0) is 40.2 Å². The van der Waals surface area contributed by atoms with Crippen molar-refractivity contribution in [2.24, 2.45) is 5.73 Å². The Morgan fingerprint density at radius 2 is 2.05 bits per heavy atom. The van der Waals surface area contributed by atoms with Gasteiger partial charge in [-0.3, -0.25) is 9.80 Å². The third-order valence-electron chi connectivity index (χ3n) is 4.64. The molecule has 0 saturated carbocycles. The highest BCUT2D eigenvalue weighted by Crippen LogP contribution is 2.29. The molecule has 2 bridgehead atoms. The van der Waals surface area contributed by atoms with Gasteiger partial charge in [0.15, 0.2) is 5.82 Å². The predicted molar refractivity (Wildman–Crippen MR) is 76.0 cm³/mol. The normalized spacial score (nSPS) is 28.8. The van der Waals surface area contributed by atoms with Crippen molar-refractivity contribution in [3.8, 4) is 0 Å². The van der Waals surface area contributed by atoms with E-state index >= 15 is 0 Å². The van der Waals surface area contributed by atoms with E-state index in [1.165, 1.54) is 19.3 Å². The summed E-state index contributed by atoms with van der Waals surface area (Å²) < 4.78 is 5.35. The second kappa shape index (κ2) is 5.09. The summed E-state index contributed by atoms with van der Waals surface area (Å²) in [7, 11) is 2.26. The van der Waals surface area contributed by atoms with E-state index in [9.17, 15) is 0 Å². The second-order valence-electron chi connectivity index (χ2n) is 6.81. The number of hydrogen-bond donors (Lipinski definition) is 1. The fourth-order valence-electron chi connectivity index (χ4n) is 3.29. The molecule has 2 aliphatic heterocycles. The third-order valence-corrected chi connectivity index (χ3v) is 4.64. The summed E-state index contributed by atoms with van der Waals surface area (Å²) in [6.07, 6.45) is 3.89. The molecular weight excluding hydrogens is 254 g/mol. The van der Waals surface area contributed by atoms with Crippen molar-refractivity contribution in [2.75, 3.05) is 20.1 Å². The molecular formula is C14H25N5O. The SMILES string of the molecule is CN1C2CCC1CN(Cc1nc(C(C)(C)N)no1)CC2. The minimum Gasteiger partial charge on any atom is -0.338 e. The van der Waals surface area contributed by atoms with Gasteiger partial charge in [-0.2, -0.15) is 4.98 Å². The van der Waals surface area contributed by atoms with Crippen LogP contribution >= 0.6 is 0 Å². The zero-order valence-electron chi connectivity index (χ0n) is 12.7. The third kappa shape index (κ3) is 2.73. The van der Waals surface area contributed by atoms with Crippen molar-refractivity contribution in [1.82, 2.24) is 19.9 Å². The van der Waals surface area contributed by atoms with Crippen LogP contribution in [0.25, 0.3) is 0 Å². The Labute approximate surface area is 120 Å². The van der Waals surface area contributed by atoms with E-state index in [0.29, 0.717) is 17.8 Å². The minimum absolute atomic E-state index is 0.542. The quantitative estimate of drug-likeness (QED) is 0.887. The Kier molecular flexibility index (Phi) is 3.56. The maximum absolute atomic E-state index is 5.99. The highest BCUT2D eigenvalue weighted by Gasteiger charge is 2.35. The first-order chi connectivity index (χ1) is 9.43. The van der Waals surface area contributed by atoms with Gasteiger partial charge in [-0.15, -0.1) is 0 Å². The molecule has 3 heterocycles. The molecule has 20 heavy (non-hydrogen) atoms. The van der Waals surface area contributed by atoms with Crippen LogP contribution in [0, 0.1) is 0 Å². The smallest absolute Gasteiger partial charge is 0.240 e. The van der Waals surface area contributed by atoms with Gasteiger partial charge in [0.1, 0.15) is 0 Å². The van der Waals surface area contributed by atoms with Gasteiger partial charge in [0.05, 0.1) is 12.1 Å². The Balaban J connectivity index is 1.65. The monoisotopic (exact) mass is 279 g/mol. The van der Waals surface area contributed by atoms with E-state index < -0.39 is 5.54 Å². The first-order valence-electron chi connectivity index (χ1n) is 7.50. The zero-order chi connectivity index (χ0) is 14.3. The lowest BCUT2D eigenvalue weighted by Crippen LogP contribution is -2.36. The molecule has 2 atom stereocenters. The fraction of sp³-hybridized carbons (Fsp3) is 0.857. The molecule has 2 unspecified atom stereocenters. The summed E-state index contributed by atoms with van der Waals surface area (Å²) in [6, 6.07) is 1.43. The summed E-state index contributed by atoms with van der Waals surface area (Å²) in [5.41, 5.74) is 5.45. The molecule has 1 aromatic rings. The zero-order valence-corrected chi connectivity index (χ0v) is 12.7. The highest BCUT2D eigenvalue weighted by molar-refractivity contribution is 4.99. The standard InChI is InChI=1S/C14H25N5O/c1-14(2,15)13-16-12(20-17-13)9-19-7-6-10-4-5-11(8-19)18(10)3/h10-11H,4-9,15H2,1-3H3. The summed E-state index contributed by atoms with van der Waals surface area (Å²) in [5, 5.41) is 3.99. The summed E-state index contributed by atoms with van der Waals surface area (Å²) >= 11 is 0. The first-order valence-corrected chi connectivity index (χ1v) is 7.50. The van der Waals surface area contributed by atoms with Gasteiger partial charge in [0.2, 0.25) is 5.89 Å². The highest BCUT2D eigenvalue weighted by atomic mass is 16.5. The Bertz CT molecular complexity index is 466. The minimum atomic E-state index is -0.542. The molecule has 0 aliphatic carbocycles. The maximum atomic E-state index is 5.99. The molecule has 2 aliphatic rings. The van der Waals surface area contributed by atoms with Crippen LogP contribution in [0.2, 0.25) is 0 Å². The van der Waals surface area contributed by atoms with Crippen LogP contribution in [0.1, 0.15) is 44.8 Å². The van der Waals surface area contributed by atoms with Crippen LogP contribution in [0.5, 0.6) is 0 Å². The fourth-order valence-corrected chi connectivity index (χ4v) is 3.29. The molecule has 0 aromatic carbocycles. The Hall–Kier alpha value is -0.980. The van der Waals surface area contributed by atoms with Crippen molar-refractivity contribution in [2.45, 2.75) is 57.3 Å². The van der Waals surface area contributed by atoms with Crippen LogP contribution < -0.4 is 5.73 Å². The van der Waals surface area contributed by atoms with E-state index in [0.717, 1.165) is 25.7 Å². The summed E-state index contributed by atoms with van der Waals surface area (Å²) in [4.78, 5) is 9.40. The molecule has 2 fully saturated rings. The molecule has 2 saturated heterocycles. The van der Waals surface area contributed by atoms with Gasteiger partial charge < -0.3 is 10.3 Å². The van der Waals surface area contributed by atoms with E-state index in [-0.39, 0.29) is 0 Å². The van der Waals surface area contributed by atoms with E-state index in [4.69, 9.17) is 10.3 Å². The van der Waals surface area contributed by atoms with Crippen molar-refractivity contribution in [3.63, 3.8) is 0 Å². The van der Waals surface area contributed by atoms with Crippen LogP contribution in [-0.2, 0) is 12.1 Å². The number of likely N-dealkylation sites (tertiary alicyclic amines) is 1. The maximum Gasteiger partial charge on any atom is 0.240 e. The van der Waals surface area contributed by atoms with Crippen molar-refractivity contribution < 1.29 is 4.52 Å². The number of fused-ring (bicyclic) bond motifs is 2. The second-order valence-corrected chi connectivity index (χ2v) is 6.81. The van der Waals surface area contributed by atoms with Gasteiger partial charge in [0.25, 0.3) is 0 Å². The average molecular weight is 279 g/mol. The van der Waals surface area contributed by atoms with E-state index in [1.807, 2.05) is 13.8 Å². The van der Waals surface area contributed by atoms with Gasteiger partial charge in [0, 0.05) is 25.2 Å². The molecule has 3 rings (SSSR count). The molecule has 2 N–H and O–H groups in total. The van der Waals surface area contributed by atoms with Crippen molar-refractivity contribution in [1.29, 1.82) is 0 Å². The average Bonchev–Trinajstić information content (AvgIpc) is 2.89. The predicted octanol–water partition coefficient (Wildman–Crippen LogP) is 0.932. The van der Waals surface area contributed by atoms with Crippen molar-refractivity contribution >= 4 is 0 Å². The number of rotatable bonds is 3.